The predicted molar refractivity (Wildman–Crippen MR) is 79.5 cm³/mol. The molecule has 2 heterocycles. The lowest BCUT2D eigenvalue weighted by Gasteiger charge is -2.36. The normalized spacial score (nSPS) is 29.9. The van der Waals surface area contributed by atoms with E-state index in [1.165, 1.54) is 50.1 Å². The van der Waals surface area contributed by atoms with Crippen LogP contribution in [0.1, 0.15) is 53.3 Å². The van der Waals surface area contributed by atoms with E-state index in [1.807, 2.05) is 11.3 Å². The average molecular weight is 263 g/mol. The Labute approximate surface area is 115 Å². The van der Waals surface area contributed by atoms with Crippen molar-refractivity contribution >= 4 is 11.3 Å². The molecule has 2 fully saturated rings. The first-order valence-electron chi connectivity index (χ1n) is 7.53. The first kappa shape index (κ1) is 12.7. The van der Waals surface area contributed by atoms with Crippen LogP contribution in [-0.2, 0) is 0 Å². The fourth-order valence-electron chi connectivity index (χ4n) is 4.17. The zero-order valence-corrected chi connectivity index (χ0v) is 12.5. The molecule has 1 aromatic heterocycles. The number of hydrogen-bond donors (Lipinski definition) is 1. The molecule has 1 nitrogen and oxygen atoms in total. The molecule has 0 spiro atoms. The summed E-state index contributed by atoms with van der Waals surface area (Å²) >= 11 is 1.99. The van der Waals surface area contributed by atoms with Crippen molar-refractivity contribution in [3.8, 4) is 0 Å². The molecule has 1 aliphatic carbocycles. The molecule has 0 bridgehead atoms. The first-order valence-corrected chi connectivity index (χ1v) is 8.35. The van der Waals surface area contributed by atoms with E-state index in [0.717, 1.165) is 17.8 Å². The number of rotatable bonds is 2. The van der Waals surface area contributed by atoms with E-state index in [-0.39, 0.29) is 0 Å². The molecule has 18 heavy (non-hydrogen) atoms. The Balaban J connectivity index is 1.84. The van der Waals surface area contributed by atoms with E-state index < -0.39 is 0 Å². The van der Waals surface area contributed by atoms with Crippen LogP contribution in [0.4, 0.5) is 0 Å². The standard InChI is InChI=1S/C16H25NS/c1-11-9-15(12(2)18-11)14-7-8-17-10-16(14)13-5-3-4-6-13/h9,13-14,16-17H,3-8,10H2,1-2H3. The summed E-state index contributed by atoms with van der Waals surface area (Å²) in [5.41, 5.74) is 1.68. The van der Waals surface area contributed by atoms with Gasteiger partial charge in [0.05, 0.1) is 0 Å². The lowest BCUT2D eigenvalue weighted by atomic mass is 9.73. The molecule has 1 saturated carbocycles. The Morgan fingerprint density at radius 3 is 2.61 bits per heavy atom. The summed E-state index contributed by atoms with van der Waals surface area (Å²) in [6.45, 7) is 7.04. The molecule has 0 amide bonds. The summed E-state index contributed by atoms with van der Waals surface area (Å²) in [7, 11) is 0. The van der Waals surface area contributed by atoms with Crippen molar-refractivity contribution in [2.75, 3.05) is 13.1 Å². The molecule has 2 atom stereocenters. The van der Waals surface area contributed by atoms with Gasteiger partial charge in [-0.15, -0.1) is 11.3 Å². The van der Waals surface area contributed by atoms with E-state index in [1.54, 1.807) is 10.4 Å². The highest BCUT2D eigenvalue weighted by molar-refractivity contribution is 7.12. The molecule has 1 aromatic rings. The zero-order chi connectivity index (χ0) is 12.5. The second kappa shape index (κ2) is 5.34. The van der Waals surface area contributed by atoms with Crippen LogP contribution in [0.15, 0.2) is 6.07 Å². The van der Waals surface area contributed by atoms with Gasteiger partial charge in [-0.3, -0.25) is 0 Å². The Bertz CT molecular complexity index is 403. The monoisotopic (exact) mass is 263 g/mol. The molecular weight excluding hydrogens is 238 g/mol. The quantitative estimate of drug-likeness (QED) is 0.841. The number of piperidine rings is 1. The molecule has 1 N–H and O–H groups in total. The Kier molecular flexibility index (Phi) is 3.76. The van der Waals surface area contributed by atoms with Crippen LogP contribution in [-0.4, -0.2) is 13.1 Å². The molecule has 2 heteroatoms. The third-order valence-electron chi connectivity index (χ3n) is 5.01. The maximum Gasteiger partial charge on any atom is 0.00519 e. The zero-order valence-electron chi connectivity index (χ0n) is 11.7. The molecular formula is C16H25NS. The van der Waals surface area contributed by atoms with Crippen molar-refractivity contribution in [1.82, 2.24) is 5.32 Å². The summed E-state index contributed by atoms with van der Waals surface area (Å²) < 4.78 is 0. The van der Waals surface area contributed by atoms with Crippen molar-refractivity contribution in [2.45, 2.75) is 51.9 Å². The minimum Gasteiger partial charge on any atom is -0.316 e. The van der Waals surface area contributed by atoms with Gasteiger partial charge in [-0.2, -0.15) is 0 Å². The van der Waals surface area contributed by atoms with Gasteiger partial charge in [-0.1, -0.05) is 25.7 Å². The van der Waals surface area contributed by atoms with E-state index >= 15 is 0 Å². The minimum atomic E-state index is 0.833. The smallest absolute Gasteiger partial charge is 0.00519 e. The molecule has 2 aliphatic rings. The number of nitrogens with one attached hydrogen (secondary N) is 1. The van der Waals surface area contributed by atoms with Crippen LogP contribution in [0, 0.1) is 25.7 Å². The Morgan fingerprint density at radius 1 is 1.17 bits per heavy atom. The lowest BCUT2D eigenvalue weighted by molar-refractivity contribution is 0.231. The van der Waals surface area contributed by atoms with Crippen LogP contribution >= 0.6 is 11.3 Å². The highest BCUT2D eigenvalue weighted by Gasteiger charge is 2.35. The molecule has 2 unspecified atom stereocenters. The van der Waals surface area contributed by atoms with Gasteiger partial charge in [-0.25, -0.2) is 0 Å². The lowest BCUT2D eigenvalue weighted by Crippen LogP contribution is -2.38. The van der Waals surface area contributed by atoms with Gasteiger partial charge in [0.25, 0.3) is 0 Å². The van der Waals surface area contributed by atoms with Gasteiger partial charge in [0, 0.05) is 9.75 Å². The maximum atomic E-state index is 3.64. The van der Waals surface area contributed by atoms with Gasteiger partial charge < -0.3 is 5.32 Å². The summed E-state index contributed by atoms with van der Waals surface area (Å²) in [5, 5.41) is 3.64. The predicted octanol–water partition coefficient (Wildman–Crippen LogP) is 4.25. The maximum absolute atomic E-state index is 3.64. The van der Waals surface area contributed by atoms with Gasteiger partial charge >= 0.3 is 0 Å². The number of aryl methyl sites for hydroxylation is 2. The summed E-state index contributed by atoms with van der Waals surface area (Å²) in [6, 6.07) is 2.47. The topological polar surface area (TPSA) is 12.0 Å². The average Bonchev–Trinajstić information content (AvgIpc) is 2.99. The second-order valence-electron chi connectivity index (χ2n) is 6.18. The van der Waals surface area contributed by atoms with Gasteiger partial charge in [-0.05, 0) is 62.7 Å². The summed E-state index contributed by atoms with van der Waals surface area (Å²) in [5.74, 6) is 2.72. The molecule has 1 aliphatic heterocycles. The van der Waals surface area contributed by atoms with E-state index in [2.05, 4.69) is 25.2 Å². The second-order valence-corrected chi connectivity index (χ2v) is 7.64. The van der Waals surface area contributed by atoms with E-state index in [9.17, 15) is 0 Å². The molecule has 3 rings (SSSR count). The first-order chi connectivity index (χ1) is 8.75. The van der Waals surface area contributed by atoms with Crippen molar-refractivity contribution in [3.05, 3.63) is 21.4 Å². The van der Waals surface area contributed by atoms with Crippen LogP contribution in [0.25, 0.3) is 0 Å². The molecule has 1 saturated heterocycles. The molecule has 0 radical (unpaired) electrons. The Hall–Kier alpha value is -0.340. The number of hydrogen-bond acceptors (Lipinski definition) is 2. The van der Waals surface area contributed by atoms with Crippen LogP contribution < -0.4 is 5.32 Å². The van der Waals surface area contributed by atoms with Crippen molar-refractivity contribution in [3.63, 3.8) is 0 Å². The minimum absolute atomic E-state index is 0.833. The summed E-state index contributed by atoms with van der Waals surface area (Å²) in [6.07, 6.45) is 7.24. The Morgan fingerprint density at radius 2 is 1.94 bits per heavy atom. The van der Waals surface area contributed by atoms with Crippen LogP contribution in [0.2, 0.25) is 0 Å². The molecule has 100 valence electrons. The van der Waals surface area contributed by atoms with Crippen LogP contribution in [0.5, 0.6) is 0 Å². The van der Waals surface area contributed by atoms with Gasteiger partial charge in [0.15, 0.2) is 0 Å². The fraction of sp³-hybridized carbons (Fsp3) is 0.750. The van der Waals surface area contributed by atoms with Crippen molar-refractivity contribution in [1.29, 1.82) is 0 Å². The third-order valence-corrected chi connectivity index (χ3v) is 5.99. The van der Waals surface area contributed by atoms with Crippen LogP contribution in [0.3, 0.4) is 0 Å². The highest BCUT2D eigenvalue weighted by atomic mass is 32.1. The van der Waals surface area contributed by atoms with E-state index in [4.69, 9.17) is 0 Å². The highest BCUT2D eigenvalue weighted by Crippen LogP contribution is 2.44. The van der Waals surface area contributed by atoms with E-state index in [0.29, 0.717) is 0 Å². The third kappa shape index (κ3) is 2.37. The van der Waals surface area contributed by atoms with Gasteiger partial charge in [0.1, 0.15) is 0 Å². The SMILES string of the molecule is Cc1cc(C2CCNCC2C2CCCC2)c(C)s1. The van der Waals surface area contributed by atoms with Crippen molar-refractivity contribution in [2.24, 2.45) is 11.8 Å². The fourth-order valence-corrected chi connectivity index (χ4v) is 5.17. The number of thiophene rings is 1. The molecule has 0 aromatic carbocycles. The van der Waals surface area contributed by atoms with Gasteiger partial charge in [0.2, 0.25) is 0 Å². The van der Waals surface area contributed by atoms with Crippen molar-refractivity contribution < 1.29 is 0 Å². The summed E-state index contributed by atoms with van der Waals surface area (Å²) in [4.78, 5) is 3.06. The largest absolute Gasteiger partial charge is 0.316 e.